The van der Waals surface area contributed by atoms with Gasteiger partial charge < -0.3 is 10.6 Å². The summed E-state index contributed by atoms with van der Waals surface area (Å²) in [6.45, 7) is 8.41. The van der Waals surface area contributed by atoms with Crippen LogP contribution in [0.4, 0.5) is 0 Å². The molecular formula is C13H26IN5O2S2. The average molecular weight is 475 g/mol. The Labute approximate surface area is 159 Å². The van der Waals surface area contributed by atoms with Gasteiger partial charge in [-0.2, -0.15) is 0 Å². The van der Waals surface area contributed by atoms with Gasteiger partial charge in [-0.15, -0.1) is 35.3 Å². The quantitative estimate of drug-likeness (QED) is 0.229. The molecule has 0 radical (unpaired) electrons. The average Bonchev–Trinajstić information content (AvgIpc) is 2.73. The van der Waals surface area contributed by atoms with Crippen LogP contribution in [-0.4, -0.2) is 45.3 Å². The number of halogens is 1. The van der Waals surface area contributed by atoms with Gasteiger partial charge in [0.25, 0.3) is 0 Å². The maximum absolute atomic E-state index is 10.9. The predicted octanol–water partition coefficient (Wildman–Crippen LogP) is 1.37. The van der Waals surface area contributed by atoms with Crippen LogP contribution in [0.5, 0.6) is 0 Å². The van der Waals surface area contributed by atoms with E-state index in [-0.39, 0.29) is 24.0 Å². The zero-order chi connectivity index (χ0) is 16.6. The first-order chi connectivity index (χ1) is 10.3. The van der Waals surface area contributed by atoms with Crippen molar-refractivity contribution < 1.29 is 8.42 Å². The van der Waals surface area contributed by atoms with Crippen molar-refractivity contribution in [3.8, 4) is 0 Å². The molecule has 1 heterocycles. The van der Waals surface area contributed by atoms with Gasteiger partial charge >= 0.3 is 0 Å². The van der Waals surface area contributed by atoms with Crippen LogP contribution in [0.15, 0.2) is 4.99 Å². The number of rotatable bonds is 8. The molecule has 0 bridgehead atoms. The fraction of sp³-hybridized carbons (Fsp3) is 0.692. The molecule has 23 heavy (non-hydrogen) atoms. The Bertz CT molecular complexity index is 582. The third-order valence-electron chi connectivity index (χ3n) is 2.80. The summed E-state index contributed by atoms with van der Waals surface area (Å²) in [5.74, 6) is 0.715. The van der Waals surface area contributed by atoms with Crippen molar-refractivity contribution in [1.29, 1.82) is 0 Å². The molecule has 1 aromatic heterocycles. The van der Waals surface area contributed by atoms with E-state index in [2.05, 4.69) is 32.3 Å². The van der Waals surface area contributed by atoms with Crippen LogP contribution < -0.4 is 15.4 Å². The molecule has 134 valence electrons. The highest BCUT2D eigenvalue weighted by Gasteiger charge is 2.04. The Morgan fingerprint density at radius 2 is 1.96 bits per heavy atom. The number of aryl methyl sites for hydroxylation is 2. The molecule has 0 aromatic carbocycles. The van der Waals surface area contributed by atoms with Crippen molar-refractivity contribution in [1.82, 2.24) is 20.3 Å². The monoisotopic (exact) mass is 475 g/mol. The van der Waals surface area contributed by atoms with Crippen LogP contribution in [0, 0.1) is 13.8 Å². The van der Waals surface area contributed by atoms with E-state index in [4.69, 9.17) is 0 Å². The van der Waals surface area contributed by atoms with Gasteiger partial charge in [0, 0.05) is 24.5 Å². The number of guanidine groups is 1. The number of hydrogen-bond acceptors (Lipinski definition) is 5. The standard InChI is InChI=1S/C13H25N5O2S2.HI/c1-5-14-13(15-7-6-8-17-22(4,19)20)16-9-12-18-10(2)11(3)21-12;/h17H,5-9H2,1-4H3,(H2,14,15,16);1H. The van der Waals surface area contributed by atoms with E-state index in [1.807, 2.05) is 13.8 Å². The molecule has 0 aliphatic carbocycles. The number of aromatic nitrogens is 1. The Morgan fingerprint density at radius 1 is 1.26 bits per heavy atom. The zero-order valence-electron chi connectivity index (χ0n) is 14.0. The third-order valence-corrected chi connectivity index (χ3v) is 4.59. The van der Waals surface area contributed by atoms with Gasteiger partial charge in [-0.05, 0) is 27.2 Å². The molecule has 10 heteroatoms. The predicted molar refractivity (Wildman–Crippen MR) is 107 cm³/mol. The molecule has 0 unspecified atom stereocenters. The minimum absolute atomic E-state index is 0. The second kappa shape index (κ2) is 11.2. The van der Waals surface area contributed by atoms with E-state index in [1.54, 1.807) is 11.3 Å². The molecule has 0 aliphatic rings. The molecule has 0 spiro atoms. The molecule has 0 amide bonds. The van der Waals surface area contributed by atoms with Gasteiger partial charge in [-0.25, -0.2) is 23.1 Å². The Hall–Kier alpha value is -0.460. The van der Waals surface area contributed by atoms with Crippen molar-refractivity contribution in [2.24, 2.45) is 4.99 Å². The van der Waals surface area contributed by atoms with Crippen molar-refractivity contribution in [3.05, 3.63) is 15.6 Å². The Kier molecular flexibility index (Phi) is 10.9. The summed E-state index contributed by atoms with van der Waals surface area (Å²) < 4.78 is 24.4. The topological polar surface area (TPSA) is 95.5 Å². The zero-order valence-corrected chi connectivity index (χ0v) is 17.9. The molecule has 0 saturated carbocycles. The smallest absolute Gasteiger partial charge is 0.208 e. The van der Waals surface area contributed by atoms with Crippen LogP contribution in [0.2, 0.25) is 0 Å². The van der Waals surface area contributed by atoms with Crippen LogP contribution in [-0.2, 0) is 16.6 Å². The SMILES string of the molecule is CCNC(=NCc1nc(C)c(C)s1)NCCCNS(C)(=O)=O.I. The van der Waals surface area contributed by atoms with E-state index in [0.29, 0.717) is 32.0 Å². The first kappa shape index (κ1) is 22.5. The lowest BCUT2D eigenvalue weighted by Gasteiger charge is -2.10. The summed E-state index contributed by atoms with van der Waals surface area (Å²) in [6, 6.07) is 0. The lowest BCUT2D eigenvalue weighted by atomic mass is 10.4. The first-order valence-corrected chi connectivity index (χ1v) is 9.92. The minimum atomic E-state index is -3.11. The van der Waals surface area contributed by atoms with Crippen molar-refractivity contribution in [2.75, 3.05) is 25.9 Å². The molecule has 3 N–H and O–H groups in total. The number of nitrogens with one attached hydrogen (secondary N) is 3. The minimum Gasteiger partial charge on any atom is -0.357 e. The summed E-state index contributed by atoms with van der Waals surface area (Å²) in [5, 5.41) is 7.33. The van der Waals surface area contributed by atoms with Gasteiger partial charge in [0.1, 0.15) is 5.01 Å². The third kappa shape index (κ3) is 10.1. The lowest BCUT2D eigenvalue weighted by molar-refractivity contribution is 0.584. The van der Waals surface area contributed by atoms with Crippen LogP contribution in [0.25, 0.3) is 0 Å². The summed E-state index contributed by atoms with van der Waals surface area (Å²) in [5.41, 5.74) is 1.06. The fourth-order valence-electron chi connectivity index (χ4n) is 1.65. The van der Waals surface area contributed by atoms with E-state index in [0.717, 1.165) is 23.5 Å². The van der Waals surface area contributed by atoms with Crippen LogP contribution in [0.1, 0.15) is 28.9 Å². The number of hydrogen-bond donors (Lipinski definition) is 3. The highest BCUT2D eigenvalue weighted by molar-refractivity contribution is 14.0. The molecule has 0 fully saturated rings. The summed E-state index contributed by atoms with van der Waals surface area (Å²) in [7, 11) is -3.11. The molecule has 0 saturated heterocycles. The van der Waals surface area contributed by atoms with Gasteiger partial charge in [-0.3, -0.25) is 0 Å². The molecule has 1 aromatic rings. The largest absolute Gasteiger partial charge is 0.357 e. The second-order valence-electron chi connectivity index (χ2n) is 4.89. The number of aliphatic imine (C=N–C) groups is 1. The van der Waals surface area contributed by atoms with Gasteiger partial charge in [0.15, 0.2) is 5.96 Å². The molecule has 1 rings (SSSR count). The molecule has 0 aliphatic heterocycles. The van der Waals surface area contributed by atoms with Crippen LogP contribution in [0.3, 0.4) is 0 Å². The number of thiazole rings is 1. The maximum atomic E-state index is 10.9. The second-order valence-corrected chi connectivity index (χ2v) is 8.01. The Balaban J connectivity index is 0.00000484. The van der Waals surface area contributed by atoms with Gasteiger partial charge in [0.2, 0.25) is 10.0 Å². The van der Waals surface area contributed by atoms with Crippen molar-refractivity contribution in [3.63, 3.8) is 0 Å². The molecule has 0 atom stereocenters. The van der Waals surface area contributed by atoms with Gasteiger partial charge in [-0.1, -0.05) is 0 Å². The normalized spacial score (nSPS) is 11.9. The first-order valence-electron chi connectivity index (χ1n) is 7.21. The number of sulfonamides is 1. The highest BCUT2D eigenvalue weighted by atomic mass is 127. The van der Waals surface area contributed by atoms with Crippen molar-refractivity contribution >= 4 is 51.3 Å². The molecular weight excluding hydrogens is 449 g/mol. The van der Waals surface area contributed by atoms with Crippen molar-refractivity contribution in [2.45, 2.75) is 33.7 Å². The summed E-state index contributed by atoms with van der Waals surface area (Å²) in [4.78, 5) is 10.2. The highest BCUT2D eigenvalue weighted by Crippen LogP contribution is 2.16. The fourth-order valence-corrected chi connectivity index (χ4v) is 3.02. The van der Waals surface area contributed by atoms with Crippen LogP contribution >= 0.6 is 35.3 Å². The Morgan fingerprint density at radius 3 is 2.48 bits per heavy atom. The summed E-state index contributed by atoms with van der Waals surface area (Å²) >= 11 is 1.66. The van der Waals surface area contributed by atoms with E-state index < -0.39 is 10.0 Å². The van der Waals surface area contributed by atoms with E-state index >= 15 is 0 Å². The van der Waals surface area contributed by atoms with E-state index in [1.165, 1.54) is 4.88 Å². The summed E-state index contributed by atoms with van der Waals surface area (Å²) in [6.07, 6.45) is 1.84. The van der Waals surface area contributed by atoms with E-state index in [9.17, 15) is 8.42 Å². The number of nitrogens with zero attached hydrogens (tertiary/aromatic N) is 2. The lowest BCUT2D eigenvalue weighted by Crippen LogP contribution is -2.38. The maximum Gasteiger partial charge on any atom is 0.208 e. The molecule has 7 nitrogen and oxygen atoms in total. The van der Waals surface area contributed by atoms with Gasteiger partial charge in [0.05, 0.1) is 18.5 Å².